The lowest BCUT2D eigenvalue weighted by atomic mass is 10.0. The standard InChI is InChI=1S/C18H30N4O3/c1-15-5-2-3-7-22(15)8-4-6-19-18(23)17-13-16(25-20-17)14-21-9-11-24-12-10-21/h13,15H,2-12,14H2,1H3,(H,19,23)/t15-/m1/s1. The lowest BCUT2D eigenvalue weighted by molar-refractivity contribution is 0.0305. The van der Waals surface area contributed by atoms with Gasteiger partial charge in [0, 0.05) is 38.3 Å². The fourth-order valence-electron chi connectivity index (χ4n) is 3.54. The number of amides is 1. The first-order chi connectivity index (χ1) is 12.2. The van der Waals surface area contributed by atoms with Crippen LogP contribution >= 0.6 is 0 Å². The number of piperidine rings is 1. The molecule has 1 atom stereocenters. The molecule has 25 heavy (non-hydrogen) atoms. The van der Waals surface area contributed by atoms with Crippen molar-refractivity contribution in [1.29, 1.82) is 0 Å². The second-order valence-corrected chi connectivity index (χ2v) is 7.06. The predicted octanol–water partition coefficient (Wildman–Crippen LogP) is 1.50. The van der Waals surface area contributed by atoms with E-state index < -0.39 is 0 Å². The molecule has 3 rings (SSSR count). The first kappa shape index (κ1) is 18.4. The highest BCUT2D eigenvalue weighted by molar-refractivity contribution is 5.92. The maximum absolute atomic E-state index is 12.2. The van der Waals surface area contributed by atoms with Crippen LogP contribution in [0, 0.1) is 0 Å². The average molecular weight is 350 g/mol. The molecule has 1 aromatic rings. The van der Waals surface area contributed by atoms with Crippen molar-refractivity contribution in [2.75, 3.05) is 45.9 Å². The normalized spacial score (nSPS) is 22.8. The zero-order chi connectivity index (χ0) is 17.5. The van der Waals surface area contributed by atoms with Gasteiger partial charge in [0.25, 0.3) is 5.91 Å². The van der Waals surface area contributed by atoms with E-state index in [2.05, 4.69) is 27.2 Å². The molecule has 0 spiro atoms. The molecule has 0 saturated carbocycles. The van der Waals surface area contributed by atoms with Gasteiger partial charge in [-0.15, -0.1) is 0 Å². The Hall–Kier alpha value is -1.44. The number of carbonyl (C=O) groups is 1. The lowest BCUT2D eigenvalue weighted by Gasteiger charge is -2.33. The van der Waals surface area contributed by atoms with Gasteiger partial charge < -0.3 is 19.5 Å². The summed E-state index contributed by atoms with van der Waals surface area (Å²) in [4.78, 5) is 16.9. The van der Waals surface area contributed by atoms with Gasteiger partial charge in [-0.05, 0) is 32.7 Å². The van der Waals surface area contributed by atoms with E-state index in [9.17, 15) is 4.79 Å². The maximum Gasteiger partial charge on any atom is 0.273 e. The molecule has 7 heteroatoms. The van der Waals surface area contributed by atoms with Crippen LogP contribution in [0.15, 0.2) is 10.6 Å². The predicted molar refractivity (Wildman–Crippen MR) is 94.4 cm³/mol. The van der Waals surface area contributed by atoms with Crippen LogP contribution in [0.2, 0.25) is 0 Å². The highest BCUT2D eigenvalue weighted by atomic mass is 16.5. The van der Waals surface area contributed by atoms with Crippen LogP contribution in [-0.4, -0.2) is 72.8 Å². The molecule has 3 heterocycles. The first-order valence-electron chi connectivity index (χ1n) is 9.50. The van der Waals surface area contributed by atoms with E-state index in [1.165, 1.54) is 25.8 Å². The van der Waals surface area contributed by atoms with Crippen LogP contribution in [-0.2, 0) is 11.3 Å². The van der Waals surface area contributed by atoms with Crippen molar-refractivity contribution in [3.63, 3.8) is 0 Å². The topological polar surface area (TPSA) is 70.8 Å². The Morgan fingerprint density at radius 1 is 1.32 bits per heavy atom. The molecule has 2 saturated heterocycles. The number of carbonyl (C=O) groups excluding carboxylic acids is 1. The van der Waals surface area contributed by atoms with Gasteiger partial charge in [0.15, 0.2) is 11.5 Å². The lowest BCUT2D eigenvalue weighted by Crippen LogP contribution is -2.39. The van der Waals surface area contributed by atoms with Gasteiger partial charge in [0.05, 0.1) is 19.8 Å². The molecule has 0 aromatic carbocycles. The Bertz CT molecular complexity index is 542. The van der Waals surface area contributed by atoms with Gasteiger partial charge >= 0.3 is 0 Å². The third-order valence-corrected chi connectivity index (χ3v) is 5.12. The minimum Gasteiger partial charge on any atom is -0.379 e. The summed E-state index contributed by atoms with van der Waals surface area (Å²) in [6.07, 6.45) is 4.89. The van der Waals surface area contributed by atoms with Crippen LogP contribution in [0.25, 0.3) is 0 Å². The number of likely N-dealkylation sites (tertiary alicyclic amines) is 1. The van der Waals surface area contributed by atoms with Crippen molar-refractivity contribution in [1.82, 2.24) is 20.3 Å². The van der Waals surface area contributed by atoms with E-state index in [4.69, 9.17) is 9.26 Å². The molecule has 1 aromatic heterocycles. The second kappa shape index (κ2) is 9.31. The van der Waals surface area contributed by atoms with Gasteiger partial charge in [-0.3, -0.25) is 9.69 Å². The summed E-state index contributed by atoms with van der Waals surface area (Å²) < 4.78 is 10.6. The number of hydrogen-bond acceptors (Lipinski definition) is 6. The van der Waals surface area contributed by atoms with E-state index in [1.807, 2.05) is 0 Å². The minimum absolute atomic E-state index is 0.149. The molecule has 1 amide bonds. The van der Waals surface area contributed by atoms with Crippen LogP contribution in [0.4, 0.5) is 0 Å². The Kier molecular flexibility index (Phi) is 6.84. The number of ether oxygens (including phenoxy) is 1. The van der Waals surface area contributed by atoms with Crippen LogP contribution in [0.5, 0.6) is 0 Å². The molecule has 0 radical (unpaired) electrons. The number of morpholine rings is 1. The minimum atomic E-state index is -0.149. The molecule has 7 nitrogen and oxygen atoms in total. The van der Waals surface area contributed by atoms with Crippen molar-refractivity contribution in [2.24, 2.45) is 0 Å². The molecule has 2 aliphatic heterocycles. The molecule has 0 bridgehead atoms. The van der Waals surface area contributed by atoms with Crippen molar-refractivity contribution in [2.45, 2.75) is 45.2 Å². The molecule has 140 valence electrons. The Labute approximate surface area is 149 Å². The Morgan fingerprint density at radius 2 is 2.16 bits per heavy atom. The van der Waals surface area contributed by atoms with E-state index in [1.54, 1.807) is 6.07 Å². The van der Waals surface area contributed by atoms with E-state index in [0.717, 1.165) is 45.0 Å². The number of nitrogens with zero attached hydrogens (tertiary/aromatic N) is 3. The molecule has 1 N–H and O–H groups in total. The second-order valence-electron chi connectivity index (χ2n) is 7.06. The number of nitrogens with one attached hydrogen (secondary N) is 1. The third-order valence-electron chi connectivity index (χ3n) is 5.12. The summed E-state index contributed by atoms with van der Waals surface area (Å²) in [5, 5.41) is 6.86. The summed E-state index contributed by atoms with van der Waals surface area (Å²) >= 11 is 0. The zero-order valence-corrected chi connectivity index (χ0v) is 15.2. The van der Waals surface area contributed by atoms with Gasteiger partial charge in [0.2, 0.25) is 0 Å². The molecule has 0 unspecified atom stereocenters. The quantitative estimate of drug-likeness (QED) is 0.752. The SMILES string of the molecule is C[C@@H]1CCCCN1CCCNC(=O)c1cc(CN2CCOCC2)on1. The first-order valence-corrected chi connectivity index (χ1v) is 9.50. The van der Waals surface area contributed by atoms with Crippen LogP contribution in [0.1, 0.15) is 48.9 Å². The fraction of sp³-hybridized carbons (Fsp3) is 0.778. The maximum atomic E-state index is 12.2. The Morgan fingerprint density at radius 3 is 2.96 bits per heavy atom. The van der Waals surface area contributed by atoms with Crippen molar-refractivity contribution < 1.29 is 14.1 Å². The molecule has 2 fully saturated rings. The van der Waals surface area contributed by atoms with Crippen molar-refractivity contribution in [3.8, 4) is 0 Å². The fourth-order valence-corrected chi connectivity index (χ4v) is 3.54. The summed E-state index contributed by atoms with van der Waals surface area (Å²) in [6, 6.07) is 2.42. The van der Waals surface area contributed by atoms with E-state index >= 15 is 0 Å². The third kappa shape index (κ3) is 5.52. The monoisotopic (exact) mass is 350 g/mol. The molecular formula is C18H30N4O3. The van der Waals surface area contributed by atoms with Crippen LogP contribution in [0.3, 0.4) is 0 Å². The average Bonchev–Trinajstić information content (AvgIpc) is 3.09. The van der Waals surface area contributed by atoms with Crippen molar-refractivity contribution in [3.05, 3.63) is 17.5 Å². The van der Waals surface area contributed by atoms with Gasteiger partial charge in [-0.1, -0.05) is 11.6 Å². The van der Waals surface area contributed by atoms with Crippen LogP contribution < -0.4 is 5.32 Å². The number of hydrogen-bond donors (Lipinski definition) is 1. The highest BCUT2D eigenvalue weighted by Gasteiger charge is 2.18. The summed E-state index contributed by atoms with van der Waals surface area (Å²) in [6.45, 7) is 9.14. The zero-order valence-electron chi connectivity index (χ0n) is 15.2. The van der Waals surface area contributed by atoms with E-state index in [0.29, 0.717) is 24.8 Å². The molecular weight excluding hydrogens is 320 g/mol. The largest absolute Gasteiger partial charge is 0.379 e. The Balaban J connectivity index is 1.36. The molecule has 0 aliphatic carbocycles. The summed E-state index contributed by atoms with van der Waals surface area (Å²) in [7, 11) is 0. The summed E-state index contributed by atoms with van der Waals surface area (Å²) in [5.74, 6) is 0.581. The van der Waals surface area contributed by atoms with E-state index in [-0.39, 0.29) is 5.91 Å². The number of rotatable bonds is 7. The van der Waals surface area contributed by atoms with Gasteiger partial charge in [-0.25, -0.2) is 0 Å². The van der Waals surface area contributed by atoms with Crippen molar-refractivity contribution >= 4 is 5.91 Å². The smallest absolute Gasteiger partial charge is 0.273 e. The van der Waals surface area contributed by atoms with Gasteiger partial charge in [-0.2, -0.15) is 0 Å². The molecule has 2 aliphatic rings. The number of aromatic nitrogens is 1. The van der Waals surface area contributed by atoms with Gasteiger partial charge in [0.1, 0.15) is 0 Å². The summed E-state index contributed by atoms with van der Waals surface area (Å²) in [5.41, 5.74) is 0.370. The highest BCUT2D eigenvalue weighted by Crippen LogP contribution is 2.16.